The van der Waals surface area contributed by atoms with Crippen LogP contribution in [0.5, 0.6) is 0 Å². The predicted molar refractivity (Wildman–Crippen MR) is 155 cm³/mol. The van der Waals surface area contributed by atoms with Gasteiger partial charge in [0.05, 0.1) is 10.4 Å². The summed E-state index contributed by atoms with van der Waals surface area (Å²) in [5.41, 5.74) is 10.9. The van der Waals surface area contributed by atoms with Gasteiger partial charge in [-0.25, -0.2) is 31.9 Å². The summed E-state index contributed by atoms with van der Waals surface area (Å²) in [5.74, 6) is -2.38. The number of benzene rings is 2. The summed E-state index contributed by atoms with van der Waals surface area (Å²) in [4.78, 5) is 39.9. The molecule has 6 N–H and O–H groups in total. The van der Waals surface area contributed by atoms with E-state index in [1.165, 1.54) is 24.3 Å². The topological polar surface area (TPSA) is 186 Å². The van der Waals surface area contributed by atoms with E-state index >= 15 is 0 Å². The van der Waals surface area contributed by atoms with Crippen molar-refractivity contribution in [3.63, 3.8) is 0 Å². The lowest BCUT2D eigenvalue weighted by Gasteiger charge is -2.37. The van der Waals surface area contributed by atoms with E-state index < -0.39 is 39.6 Å². The van der Waals surface area contributed by atoms with Crippen molar-refractivity contribution >= 4 is 50.9 Å². The van der Waals surface area contributed by atoms with Crippen LogP contribution in [0.25, 0.3) is 0 Å². The minimum absolute atomic E-state index is 0.0239. The van der Waals surface area contributed by atoms with Crippen LogP contribution in [0.2, 0.25) is 5.15 Å². The molecule has 2 aliphatic rings. The average Bonchev–Trinajstić information content (AvgIpc) is 3.35. The number of aliphatic imine (C=N–C) groups is 1. The van der Waals surface area contributed by atoms with Crippen LogP contribution < -0.4 is 21.5 Å². The zero-order valence-electron chi connectivity index (χ0n) is 22.6. The van der Waals surface area contributed by atoms with E-state index in [-0.39, 0.29) is 44.4 Å². The molecule has 1 aromatic heterocycles. The molecule has 0 atom stereocenters. The third-order valence-corrected chi connectivity index (χ3v) is 9.09. The molecule has 226 valence electrons. The number of nitrogens with one attached hydrogen (secondary N) is 2. The number of halogens is 3. The minimum Gasteiger partial charge on any atom is -0.382 e. The number of nitrogens with two attached hydrogens (primary N) is 2. The summed E-state index contributed by atoms with van der Waals surface area (Å²) in [5, 5.41) is 2.57. The first-order valence-electron chi connectivity index (χ1n) is 13.2. The van der Waals surface area contributed by atoms with Gasteiger partial charge in [0.2, 0.25) is 10.0 Å². The lowest BCUT2D eigenvalue weighted by molar-refractivity contribution is 0.0672. The monoisotopic (exact) mass is 632 g/mol. The second kappa shape index (κ2) is 11.8. The molecular weight excluding hydrogens is 606 g/mol. The lowest BCUT2D eigenvalue weighted by atomic mass is 9.86. The summed E-state index contributed by atoms with van der Waals surface area (Å²) in [7, 11) is -4.10. The third kappa shape index (κ3) is 6.58. The molecule has 2 amide bonds. The molecule has 0 unspecified atom stereocenters. The van der Waals surface area contributed by atoms with Gasteiger partial charge in [0.25, 0.3) is 11.8 Å². The van der Waals surface area contributed by atoms with E-state index in [0.29, 0.717) is 50.7 Å². The van der Waals surface area contributed by atoms with Crippen molar-refractivity contribution in [3.05, 3.63) is 76.1 Å². The zero-order valence-corrected chi connectivity index (χ0v) is 24.2. The maximum Gasteiger partial charge on any atom is 0.279 e. The first-order valence-corrected chi connectivity index (χ1v) is 15.0. The van der Waals surface area contributed by atoms with Gasteiger partial charge < -0.3 is 21.7 Å². The molecule has 12 nitrogen and oxygen atoms in total. The first kappa shape index (κ1) is 30.3. The van der Waals surface area contributed by atoms with Gasteiger partial charge in [0.15, 0.2) is 22.5 Å². The summed E-state index contributed by atoms with van der Waals surface area (Å²) in [6.45, 7) is 0.349. The Kier molecular flexibility index (Phi) is 8.31. The zero-order chi connectivity index (χ0) is 30.9. The Morgan fingerprint density at radius 1 is 1.02 bits per heavy atom. The number of hydrogen-bond donors (Lipinski definition) is 4. The number of rotatable bonds is 6. The smallest absolute Gasteiger partial charge is 0.279 e. The molecule has 43 heavy (non-hydrogen) atoms. The van der Waals surface area contributed by atoms with E-state index in [9.17, 15) is 26.8 Å². The van der Waals surface area contributed by atoms with Crippen molar-refractivity contribution < 1.29 is 26.8 Å². The van der Waals surface area contributed by atoms with Crippen LogP contribution >= 0.6 is 11.6 Å². The van der Waals surface area contributed by atoms with Crippen molar-refractivity contribution in [2.45, 2.75) is 42.7 Å². The highest BCUT2D eigenvalue weighted by molar-refractivity contribution is 7.89. The first-order chi connectivity index (χ1) is 20.4. The molecule has 1 fully saturated rings. The molecule has 0 aliphatic carbocycles. The summed E-state index contributed by atoms with van der Waals surface area (Å²) >= 11 is 5.87. The molecule has 1 saturated heterocycles. The lowest BCUT2D eigenvalue weighted by Crippen LogP contribution is -2.45. The molecule has 2 aromatic carbocycles. The second-order valence-electron chi connectivity index (χ2n) is 10.3. The summed E-state index contributed by atoms with van der Waals surface area (Å²) in [6, 6.07) is 8.41. The highest BCUT2D eigenvalue weighted by Crippen LogP contribution is 2.36. The standard InChI is InChI=1S/C27H27ClF2N8O4S/c28-22-24(32)36-23(31)21(35-22)25(39)34-20-6-7-27(37-20)8-10-38(11-9-27)26(40)15-2-1-3-18(12-15)43(41,42)33-14-16-4-5-17(29)13-19(16)30/h1-5,12-13,33H,6-11,14H2,(H4,31,32,36)(H,34,37,39). The molecule has 16 heteroatoms. The number of piperidine rings is 1. The Bertz CT molecular complexity index is 1750. The molecule has 3 aromatic rings. The van der Waals surface area contributed by atoms with Crippen LogP contribution in [0, 0.1) is 11.6 Å². The maximum absolute atomic E-state index is 13.9. The number of nitrogens with zero attached hydrogens (tertiary/aromatic N) is 4. The molecule has 0 saturated carbocycles. The highest BCUT2D eigenvalue weighted by Gasteiger charge is 2.40. The predicted octanol–water partition coefficient (Wildman–Crippen LogP) is 2.65. The maximum atomic E-state index is 13.9. The number of amidine groups is 1. The Hall–Kier alpha value is -4.21. The van der Waals surface area contributed by atoms with Gasteiger partial charge in [-0.2, -0.15) is 0 Å². The number of likely N-dealkylation sites (tertiary alicyclic amines) is 1. The minimum atomic E-state index is -4.10. The fourth-order valence-electron chi connectivity index (χ4n) is 5.03. The Morgan fingerprint density at radius 3 is 2.49 bits per heavy atom. The number of anilines is 2. The van der Waals surface area contributed by atoms with Crippen LogP contribution in [0.4, 0.5) is 20.4 Å². The highest BCUT2D eigenvalue weighted by atomic mass is 35.5. The number of amides is 2. The fraction of sp³-hybridized carbons (Fsp3) is 0.296. The number of carbonyl (C=O) groups excluding carboxylic acids is 2. The van der Waals surface area contributed by atoms with Gasteiger partial charge in [0.1, 0.15) is 17.5 Å². The van der Waals surface area contributed by atoms with Gasteiger partial charge in [-0.3, -0.25) is 14.6 Å². The van der Waals surface area contributed by atoms with Gasteiger partial charge in [-0.05, 0) is 43.5 Å². The molecule has 5 rings (SSSR count). The van der Waals surface area contributed by atoms with Crippen molar-refractivity contribution in [2.75, 3.05) is 24.6 Å². The van der Waals surface area contributed by atoms with E-state index in [2.05, 4.69) is 20.0 Å². The van der Waals surface area contributed by atoms with Gasteiger partial charge in [-0.15, -0.1) is 0 Å². The normalized spacial score (nSPS) is 16.3. The van der Waals surface area contributed by atoms with Crippen molar-refractivity contribution in [1.29, 1.82) is 0 Å². The third-order valence-electron chi connectivity index (χ3n) is 7.42. The fourth-order valence-corrected chi connectivity index (χ4v) is 6.21. The molecular formula is C27H27ClF2N8O4S. The Morgan fingerprint density at radius 2 is 1.77 bits per heavy atom. The number of hydrogen-bond acceptors (Lipinski definition) is 9. The van der Waals surface area contributed by atoms with Crippen LogP contribution in [0.1, 0.15) is 52.1 Å². The van der Waals surface area contributed by atoms with Crippen molar-refractivity contribution in [1.82, 2.24) is 24.9 Å². The molecule has 1 spiro atoms. The van der Waals surface area contributed by atoms with Gasteiger partial charge in [0, 0.05) is 43.2 Å². The van der Waals surface area contributed by atoms with Crippen molar-refractivity contribution in [3.8, 4) is 0 Å². The van der Waals surface area contributed by atoms with E-state index in [4.69, 9.17) is 28.1 Å². The Labute approximate surface area is 250 Å². The van der Waals surface area contributed by atoms with Crippen LogP contribution in [-0.2, 0) is 16.6 Å². The van der Waals surface area contributed by atoms with Crippen molar-refractivity contribution in [2.24, 2.45) is 4.99 Å². The van der Waals surface area contributed by atoms with Gasteiger partial charge in [-0.1, -0.05) is 23.7 Å². The average molecular weight is 633 g/mol. The number of sulfonamides is 1. The van der Waals surface area contributed by atoms with E-state index in [1.54, 1.807) is 4.90 Å². The largest absolute Gasteiger partial charge is 0.382 e. The van der Waals surface area contributed by atoms with Crippen LogP contribution in [0.15, 0.2) is 52.4 Å². The van der Waals surface area contributed by atoms with Crippen LogP contribution in [-0.4, -0.2) is 59.6 Å². The Balaban J connectivity index is 1.20. The van der Waals surface area contributed by atoms with E-state index in [0.717, 1.165) is 12.1 Å². The molecule has 0 radical (unpaired) electrons. The second-order valence-corrected chi connectivity index (χ2v) is 12.4. The number of carbonyl (C=O) groups is 2. The SMILES string of the molecule is Nc1nc(N)c(C(=O)NC2=NC3(CC2)CCN(C(=O)c2cccc(S(=O)(=O)NCc4ccc(F)cc4F)c2)CC3)nc1Cl. The summed E-state index contributed by atoms with van der Waals surface area (Å²) in [6.07, 6.45) is 2.25. The molecule has 2 aliphatic heterocycles. The van der Waals surface area contributed by atoms with Crippen LogP contribution in [0.3, 0.4) is 0 Å². The number of nitrogen functional groups attached to an aromatic ring is 2. The van der Waals surface area contributed by atoms with E-state index in [1.807, 2.05) is 0 Å². The molecule has 0 bridgehead atoms. The van der Waals surface area contributed by atoms with Gasteiger partial charge >= 0.3 is 0 Å². The quantitative estimate of drug-likeness (QED) is 0.319. The summed E-state index contributed by atoms with van der Waals surface area (Å²) < 4.78 is 55.1. The molecule has 3 heterocycles. The number of aromatic nitrogens is 2.